The van der Waals surface area contributed by atoms with Gasteiger partial charge in [0.1, 0.15) is 24.2 Å². The molecular formula is C9H14ClNO5. The van der Waals surface area contributed by atoms with E-state index in [1.54, 1.807) is 0 Å². The third-order valence-corrected chi connectivity index (χ3v) is 3.30. The molecule has 6 nitrogen and oxygen atoms in total. The van der Waals surface area contributed by atoms with Crippen LogP contribution >= 0.6 is 11.6 Å². The summed E-state index contributed by atoms with van der Waals surface area (Å²) >= 11 is 5.46. The van der Waals surface area contributed by atoms with Gasteiger partial charge in [-0.3, -0.25) is 4.79 Å². The summed E-state index contributed by atoms with van der Waals surface area (Å²) in [5.74, 6) is -0.507. The molecule has 0 saturated carbocycles. The first kappa shape index (κ1) is 12.1. The summed E-state index contributed by atoms with van der Waals surface area (Å²) in [6.45, 7) is 0.230. The lowest BCUT2D eigenvalue weighted by Gasteiger charge is -2.36. The highest BCUT2D eigenvalue weighted by atomic mass is 35.5. The number of aliphatic hydroxyl groups is 2. The van der Waals surface area contributed by atoms with Crippen molar-refractivity contribution in [3.05, 3.63) is 0 Å². The van der Waals surface area contributed by atoms with Gasteiger partial charge < -0.3 is 24.6 Å². The Morgan fingerprint density at radius 1 is 1.56 bits per heavy atom. The summed E-state index contributed by atoms with van der Waals surface area (Å²) in [6, 6.07) is -0.699. The van der Waals surface area contributed by atoms with E-state index in [-0.39, 0.29) is 18.3 Å². The first-order valence-corrected chi connectivity index (χ1v) is 5.53. The van der Waals surface area contributed by atoms with Gasteiger partial charge in [0.05, 0.1) is 12.6 Å². The molecule has 5 atom stereocenters. The van der Waals surface area contributed by atoms with Crippen molar-refractivity contribution in [3.8, 4) is 0 Å². The first-order chi connectivity index (χ1) is 7.60. The van der Waals surface area contributed by atoms with Gasteiger partial charge in [0, 0.05) is 7.11 Å². The molecule has 7 heteroatoms. The molecule has 92 valence electrons. The number of carbonyl (C=O) groups is 1. The number of halogens is 1. The molecule has 2 heterocycles. The van der Waals surface area contributed by atoms with Crippen LogP contribution in [0.2, 0.25) is 0 Å². The highest BCUT2D eigenvalue weighted by Gasteiger charge is 2.54. The van der Waals surface area contributed by atoms with Crippen LogP contribution in [-0.4, -0.2) is 71.2 Å². The molecule has 0 radical (unpaired) electrons. The number of aliphatic hydroxyl groups excluding tert-OH is 2. The van der Waals surface area contributed by atoms with Crippen molar-refractivity contribution in [1.29, 1.82) is 0 Å². The van der Waals surface area contributed by atoms with E-state index < -0.39 is 30.6 Å². The maximum Gasteiger partial charge on any atom is 0.238 e. The number of likely N-dealkylation sites (tertiary alicyclic amines) is 1. The van der Waals surface area contributed by atoms with Crippen LogP contribution in [0.25, 0.3) is 0 Å². The van der Waals surface area contributed by atoms with Crippen LogP contribution in [0, 0.1) is 0 Å². The average molecular weight is 252 g/mol. The molecule has 2 saturated heterocycles. The zero-order valence-electron chi connectivity index (χ0n) is 8.75. The van der Waals surface area contributed by atoms with Crippen molar-refractivity contribution < 1.29 is 24.5 Å². The molecule has 0 aromatic rings. The SMILES string of the molecule is CO[C@H]1OC2CN(C(=O)CCl)[C@@H](C1O)[C@@H]2O. The minimum atomic E-state index is -1.06. The van der Waals surface area contributed by atoms with E-state index in [1.165, 1.54) is 12.0 Å². The molecule has 0 aromatic heterocycles. The van der Waals surface area contributed by atoms with E-state index in [9.17, 15) is 15.0 Å². The predicted octanol–water partition coefficient (Wildman–Crippen LogP) is -1.47. The third kappa shape index (κ3) is 1.70. The molecule has 2 bridgehead atoms. The minimum absolute atomic E-state index is 0.180. The van der Waals surface area contributed by atoms with Gasteiger partial charge in [-0.25, -0.2) is 0 Å². The Bertz CT molecular complexity index is 289. The second kappa shape index (κ2) is 4.46. The summed E-state index contributed by atoms with van der Waals surface area (Å²) in [4.78, 5) is 12.9. The Hall–Kier alpha value is -0.400. The van der Waals surface area contributed by atoms with Crippen molar-refractivity contribution in [2.75, 3.05) is 19.5 Å². The van der Waals surface area contributed by atoms with Gasteiger partial charge in [0.2, 0.25) is 5.91 Å². The fraction of sp³-hybridized carbons (Fsp3) is 0.889. The number of amides is 1. The molecule has 1 amide bonds. The normalized spacial score (nSPS) is 42.5. The molecule has 0 aliphatic carbocycles. The molecule has 2 N–H and O–H groups in total. The standard InChI is InChI=1S/C9H14ClNO5/c1-15-9-8(14)6-7(13)4(16-9)3-11(6)5(12)2-10/h4,6-9,13-14H,2-3H2,1H3/t4?,6-,7-,8?,9+/m1/s1. The molecule has 16 heavy (non-hydrogen) atoms. The fourth-order valence-corrected chi connectivity index (χ4v) is 2.44. The summed E-state index contributed by atoms with van der Waals surface area (Å²) < 4.78 is 10.3. The van der Waals surface area contributed by atoms with Crippen molar-refractivity contribution in [2.24, 2.45) is 0 Å². The lowest BCUT2D eigenvalue weighted by Crippen LogP contribution is -2.57. The quantitative estimate of drug-likeness (QED) is 0.586. The number of hydrogen-bond acceptors (Lipinski definition) is 5. The van der Waals surface area contributed by atoms with Gasteiger partial charge in [0.15, 0.2) is 6.29 Å². The molecule has 2 fully saturated rings. The van der Waals surface area contributed by atoms with Gasteiger partial charge in [-0.1, -0.05) is 0 Å². The fourth-order valence-electron chi connectivity index (χ4n) is 2.29. The average Bonchev–Trinajstić information content (AvgIpc) is 2.51. The Labute approximate surface area is 97.7 Å². The Balaban J connectivity index is 2.20. The van der Waals surface area contributed by atoms with Crippen LogP contribution in [-0.2, 0) is 14.3 Å². The second-order valence-corrected chi connectivity index (χ2v) is 4.20. The Kier molecular flexibility index (Phi) is 3.37. The van der Waals surface area contributed by atoms with Crippen molar-refractivity contribution in [1.82, 2.24) is 4.90 Å². The van der Waals surface area contributed by atoms with Crippen LogP contribution in [0.5, 0.6) is 0 Å². The number of alkyl halides is 1. The number of ether oxygens (including phenoxy) is 2. The van der Waals surface area contributed by atoms with Gasteiger partial charge in [-0.05, 0) is 0 Å². The van der Waals surface area contributed by atoms with Crippen LogP contribution < -0.4 is 0 Å². The number of carbonyl (C=O) groups excluding carboxylic acids is 1. The van der Waals surface area contributed by atoms with E-state index in [1.807, 2.05) is 0 Å². The molecular weight excluding hydrogens is 238 g/mol. The number of methoxy groups -OCH3 is 1. The maximum atomic E-state index is 11.5. The van der Waals surface area contributed by atoms with E-state index in [4.69, 9.17) is 21.1 Å². The van der Waals surface area contributed by atoms with Gasteiger partial charge in [-0.2, -0.15) is 0 Å². The highest BCUT2D eigenvalue weighted by Crippen LogP contribution is 2.32. The van der Waals surface area contributed by atoms with Crippen molar-refractivity contribution >= 4 is 17.5 Å². The van der Waals surface area contributed by atoms with Crippen molar-refractivity contribution in [2.45, 2.75) is 30.6 Å². The lowest BCUT2D eigenvalue weighted by molar-refractivity contribution is -0.248. The Morgan fingerprint density at radius 2 is 2.25 bits per heavy atom. The number of rotatable bonds is 2. The number of nitrogens with zero attached hydrogens (tertiary/aromatic N) is 1. The number of hydrogen-bond donors (Lipinski definition) is 2. The minimum Gasteiger partial charge on any atom is -0.388 e. The summed E-state index contributed by atoms with van der Waals surface area (Å²) in [5, 5.41) is 19.7. The zero-order valence-corrected chi connectivity index (χ0v) is 9.50. The number of fused-ring (bicyclic) bond motifs is 2. The topological polar surface area (TPSA) is 79.2 Å². The van der Waals surface area contributed by atoms with Crippen LogP contribution in [0.3, 0.4) is 0 Å². The molecule has 0 spiro atoms. The monoisotopic (exact) mass is 251 g/mol. The van der Waals surface area contributed by atoms with E-state index >= 15 is 0 Å². The molecule has 2 aliphatic rings. The summed E-state index contributed by atoms with van der Waals surface area (Å²) in [6.07, 6.45) is -3.29. The highest BCUT2D eigenvalue weighted by molar-refractivity contribution is 6.27. The lowest BCUT2D eigenvalue weighted by atomic mass is 10.0. The molecule has 2 unspecified atom stereocenters. The van der Waals surface area contributed by atoms with E-state index in [0.29, 0.717) is 0 Å². The molecule has 2 rings (SSSR count). The summed E-state index contributed by atoms with van der Waals surface area (Å²) in [7, 11) is 1.40. The largest absolute Gasteiger partial charge is 0.388 e. The first-order valence-electron chi connectivity index (χ1n) is 5.00. The summed E-state index contributed by atoms with van der Waals surface area (Å²) in [5.41, 5.74) is 0. The van der Waals surface area contributed by atoms with Crippen molar-refractivity contribution in [3.63, 3.8) is 0 Å². The predicted molar refractivity (Wildman–Crippen MR) is 53.9 cm³/mol. The maximum absolute atomic E-state index is 11.5. The van der Waals surface area contributed by atoms with Crippen LogP contribution in [0.1, 0.15) is 0 Å². The van der Waals surface area contributed by atoms with E-state index in [0.717, 1.165) is 0 Å². The van der Waals surface area contributed by atoms with Crippen LogP contribution in [0.15, 0.2) is 0 Å². The third-order valence-electron chi connectivity index (χ3n) is 3.07. The molecule has 0 aromatic carbocycles. The zero-order chi connectivity index (χ0) is 11.9. The van der Waals surface area contributed by atoms with Gasteiger partial charge in [-0.15, -0.1) is 11.6 Å². The molecule has 2 aliphatic heterocycles. The van der Waals surface area contributed by atoms with E-state index in [2.05, 4.69) is 0 Å². The van der Waals surface area contributed by atoms with Crippen LogP contribution in [0.4, 0.5) is 0 Å². The second-order valence-electron chi connectivity index (χ2n) is 3.93. The van der Waals surface area contributed by atoms with Gasteiger partial charge >= 0.3 is 0 Å². The van der Waals surface area contributed by atoms with Gasteiger partial charge in [0.25, 0.3) is 0 Å². The Morgan fingerprint density at radius 3 is 2.81 bits per heavy atom. The smallest absolute Gasteiger partial charge is 0.238 e.